The molecule has 0 saturated heterocycles. The van der Waals surface area contributed by atoms with E-state index >= 15 is 0 Å². The summed E-state index contributed by atoms with van der Waals surface area (Å²) in [6.45, 7) is 4.71. The van der Waals surface area contributed by atoms with Crippen molar-refractivity contribution < 1.29 is 9.18 Å². The Kier molecular flexibility index (Phi) is 5.62. The number of imidazole rings is 2. The molecule has 0 spiro atoms. The van der Waals surface area contributed by atoms with E-state index in [1.165, 1.54) is 19.1 Å². The number of aryl methyl sites for hydroxylation is 1. The van der Waals surface area contributed by atoms with Crippen molar-refractivity contribution in [1.29, 1.82) is 0 Å². The van der Waals surface area contributed by atoms with Crippen LogP contribution >= 0.6 is 0 Å². The van der Waals surface area contributed by atoms with Crippen molar-refractivity contribution in [1.82, 2.24) is 19.1 Å². The standard InChI is InChI=1S/C23H23FN6O/c1-3-10-30-20-13-16(22(25)27-15(2)31)7-8-19(20)28-21(30)14-29-11-9-26-23(29)17-5-4-6-18(24)12-17/h4-9,11-13H,3,10,14H2,1-2H3,(H2,25,27,31). The molecule has 2 aromatic heterocycles. The van der Waals surface area contributed by atoms with Gasteiger partial charge in [0.05, 0.1) is 17.6 Å². The van der Waals surface area contributed by atoms with Gasteiger partial charge in [-0.1, -0.05) is 19.1 Å². The number of benzene rings is 2. The zero-order valence-corrected chi connectivity index (χ0v) is 17.4. The van der Waals surface area contributed by atoms with Crippen LogP contribution in [0.5, 0.6) is 0 Å². The maximum absolute atomic E-state index is 13.7. The van der Waals surface area contributed by atoms with Crippen molar-refractivity contribution in [3.8, 4) is 11.4 Å². The van der Waals surface area contributed by atoms with Gasteiger partial charge in [-0.15, -0.1) is 0 Å². The van der Waals surface area contributed by atoms with Crippen LogP contribution in [0.3, 0.4) is 0 Å². The van der Waals surface area contributed by atoms with E-state index < -0.39 is 0 Å². The Bertz CT molecular complexity index is 1290. The molecule has 0 atom stereocenters. The Hall–Kier alpha value is -3.81. The average molecular weight is 418 g/mol. The van der Waals surface area contributed by atoms with Gasteiger partial charge in [0.1, 0.15) is 23.3 Å². The van der Waals surface area contributed by atoms with Gasteiger partial charge in [0.15, 0.2) is 0 Å². The summed E-state index contributed by atoms with van der Waals surface area (Å²) in [7, 11) is 0. The van der Waals surface area contributed by atoms with E-state index in [9.17, 15) is 9.18 Å². The third kappa shape index (κ3) is 4.23. The summed E-state index contributed by atoms with van der Waals surface area (Å²) in [6, 6.07) is 12.0. The maximum atomic E-state index is 13.7. The highest BCUT2D eigenvalue weighted by atomic mass is 19.1. The van der Waals surface area contributed by atoms with Crippen LogP contribution < -0.4 is 5.73 Å². The molecular weight excluding hydrogens is 395 g/mol. The number of nitrogens with zero attached hydrogens (tertiary/aromatic N) is 5. The second-order valence-corrected chi connectivity index (χ2v) is 7.29. The third-order valence-corrected chi connectivity index (χ3v) is 4.96. The molecule has 0 aliphatic rings. The molecule has 1 amide bonds. The highest BCUT2D eigenvalue weighted by molar-refractivity contribution is 6.05. The van der Waals surface area contributed by atoms with E-state index in [0.717, 1.165) is 29.8 Å². The number of aliphatic imine (C=N–C) groups is 1. The number of rotatable bonds is 6. The molecule has 0 aliphatic carbocycles. The first-order valence-electron chi connectivity index (χ1n) is 10.1. The lowest BCUT2D eigenvalue weighted by Crippen LogP contribution is -2.15. The summed E-state index contributed by atoms with van der Waals surface area (Å²) in [5.74, 6) is 1.07. The lowest BCUT2D eigenvalue weighted by Gasteiger charge is -2.11. The van der Waals surface area contributed by atoms with Gasteiger partial charge in [0, 0.05) is 37.0 Å². The van der Waals surface area contributed by atoms with E-state index in [-0.39, 0.29) is 17.6 Å². The maximum Gasteiger partial charge on any atom is 0.244 e. The summed E-state index contributed by atoms with van der Waals surface area (Å²) >= 11 is 0. The molecule has 0 unspecified atom stereocenters. The van der Waals surface area contributed by atoms with E-state index in [1.807, 2.05) is 35.0 Å². The van der Waals surface area contributed by atoms with Gasteiger partial charge in [0.25, 0.3) is 0 Å². The minimum atomic E-state index is -0.342. The summed E-state index contributed by atoms with van der Waals surface area (Å²) in [5, 5.41) is 0. The van der Waals surface area contributed by atoms with E-state index in [4.69, 9.17) is 10.7 Å². The van der Waals surface area contributed by atoms with Gasteiger partial charge in [-0.05, 0) is 36.8 Å². The summed E-state index contributed by atoms with van der Waals surface area (Å²) in [4.78, 5) is 24.4. The van der Waals surface area contributed by atoms with Gasteiger partial charge in [0.2, 0.25) is 5.91 Å². The highest BCUT2D eigenvalue weighted by Crippen LogP contribution is 2.23. The first kappa shape index (κ1) is 20.5. The molecule has 7 nitrogen and oxygen atoms in total. The van der Waals surface area contributed by atoms with Gasteiger partial charge in [-0.25, -0.2) is 14.4 Å². The van der Waals surface area contributed by atoms with Gasteiger partial charge in [-0.3, -0.25) is 4.79 Å². The number of aromatic nitrogens is 4. The van der Waals surface area contributed by atoms with Gasteiger partial charge < -0.3 is 14.9 Å². The van der Waals surface area contributed by atoms with Crippen LogP contribution in [0, 0.1) is 5.82 Å². The minimum absolute atomic E-state index is 0.184. The number of carbonyl (C=O) groups is 1. The Morgan fingerprint density at radius 3 is 2.81 bits per heavy atom. The van der Waals surface area contributed by atoms with Crippen molar-refractivity contribution in [3.05, 3.63) is 72.1 Å². The summed E-state index contributed by atoms with van der Waals surface area (Å²) in [5.41, 5.74) is 9.11. The molecule has 2 N–H and O–H groups in total. The summed E-state index contributed by atoms with van der Waals surface area (Å²) < 4.78 is 17.8. The van der Waals surface area contributed by atoms with Crippen molar-refractivity contribution in [2.75, 3.05) is 0 Å². The molecule has 31 heavy (non-hydrogen) atoms. The topological polar surface area (TPSA) is 91.1 Å². The monoisotopic (exact) mass is 418 g/mol. The average Bonchev–Trinajstić information content (AvgIpc) is 3.32. The largest absolute Gasteiger partial charge is 0.383 e. The third-order valence-electron chi connectivity index (χ3n) is 4.96. The second-order valence-electron chi connectivity index (χ2n) is 7.29. The van der Waals surface area contributed by atoms with Crippen LogP contribution in [0.4, 0.5) is 4.39 Å². The van der Waals surface area contributed by atoms with Crippen molar-refractivity contribution in [2.24, 2.45) is 10.7 Å². The smallest absolute Gasteiger partial charge is 0.244 e. The molecular formula is C23H23FN6O. The normalized spacial score (nSPS) is 11.9. The van der Waals surface area contributed by atoms with Gasteiger partial charge >= 0.3 is 0 Å². The Morgan fingerprint density at radius 1 is 1.23 bits per heavy atom. The predicted molar refractivity (Wildman–Crippen MR) is 118 cm³/mol. The zero-order chi connectivity index (χ0) is 22.0. The molecule has 2 aromatic carbocycles. The Morgan fingerprint density at radius 2 is 2.06 bits per heavy atom. The first-order valence-corrected chi connectivity index (χ1v) is 10.1. The number of hydrogen-bond acceptors (Lipinski definition) is 3. The van der Waals surface area contributed by atoms with E-state index in [2.05, 4.69) is 21.5 Å². The lowest BCUT2D eigenvalue weighted by atomic mass is 10.2. The molecule has 0 aliphatic heterocycles. The van der Waals surface area contributed by atoms with E-state index in [1.54, 1.807) is 12.3 Å². The molecule has 4 rings (SSSR count). The van der Waals surface area contributed by atoms with Crippen LogP contribution in [0.25, 0.3) is 22.4 Å². The molecule has 2 heterocycles. The number of nitrogens with two attached hydrogens (primary N) is 1. The lowest BCUT2D eigenvalue weighted by molar-refractivity contribution is -0.115. The molecule has 0 saturated carbocycles. The molecule has 0 radical (unpaired) electrons. The fraction of sp³-hybridized carbons (Fsp3) is 0.217. The number of amidine groups is 1. The fourth-order valence-corrected chi connectivity index (χ4v) is 3.64. The van der Waals surface area contributed by atoms with Crippen molar-refractivity contribution >= 4 is 22.8 Å². The Balaban J connectivity index is 1.76. The quantitative estimate of drug-likeness (QED) is 0.381. The minimum Gasteiger partial charge on any atom is -0.383 e. The zero-order valence-electron chi connectivity index (χ0n) is 17.4. The Labute approximate surface area is 179 Å². The molecule has 158 valence electrons. The molecule has 0 bridgehead atoms. The van der Waals surface area contributed by atoms with E-state index in [0.29, 0.717) is 23.5 Å². The van der Waals surface area contributed by atoms with Crippen LogP contribution in [0.2, 0.25) is 0 Å². The highest BCUT2D eigenvalue weighted by Gasteiger charge is 2.15. The fourth-order valence-electron chi connectivity index (χ4n) is 3.64. The van der Waals surface area contributed by atoms with Gasteiger partial charge in [-0.2, -0.15) is 4.99 Å². The van der Waals surface area contributed by atoms with Crippen molar-refractivity contribution in [3.63, 3.8) is 0 Å². The van der Waals surface area contributed by atoms with Crippen LogP contribution in [0.1, 0.15) is 31.7 Å². The second kappa shape index (κ2) is 8.51. The number of halogens is 1. The SMILES string of the molecule is CCCn1c(Cn2ccnc2-c2cccc(F)c2)nc2ccc(C(N)=NC(C)=O)cc21. The number of carbonyl (C=O) groups excluding carboxylic acids is 1. The molecule has 8 heteroatoms. The number of hydrogen-bond donors (Lipinski definition) is 1. The molecule has 0 fully saturated rings. The summed E-state index contributed by atoms with van der Waals surface area (Å²) in [6.07, 6.45) is 4.48. The number of amides is 1. The van der Waals surface area contributed by atoms with Crippen molar-refractivity contribution in [2.45, 2.75) is 33.4 Å². The van der Waals surface area contributed by atoms with Crippen LogP contribution in [-0.4, -0.2) is 30.8 Å². The number of fused-ring (bicyclic) bond motifs is 1. The van der Waals surface area contributed by atoms with Crippen LogP contribution in [0.15, 0.2) is 59.9 Å². The predicted octanol–water partition coefficient (Wildman–Crippen LogP) is 3.75. The van der Waals surface area contributed by atoms with Crippen LogP contribution in [-0.2, 0) is 17.9 Å². The first-order chi connectivity index (χ1) is 15.0. The molecule has 4 aromatic rings.